The molecule has 0 bridgehead atoms. The average molecular weight is 342 g/mol. The van der Waals surface area contributed by atoms with Crippen molar-refractivity contribution in [2.24, 2.45) is 0 Å². The Morgan fingerprint density at radius 2 is 2.12 bits per heavy atom. The maximum atomic E-state index is 12.1. The van der Waals surface area contributed by atoms with Gasteiger partial charge in [0.1, 0.15) is 0 Å². The van der Waals surface area contributed by atoms with E-state index < -0.39 is 18.0 Å². The summed E-state index contributed by atoms with van der Waals surface area (Å²) in [6.45, 7) is 5.33. The molecule has 0 aliphatic carbocycles. The summed E-state index contributed by atoms with van der Waals surface area (Å²) in [6, 6.07) is 6.36. The molecule has 1 unspecified atom stereocenters. The monoisotopic (exact) mass is 342 g/mol. The van der Waals surface area contributed by atoms with Crippen LogP contribution in [0.2, 0.25) is 0 Å². The molecule has 6 heteroatoms. The second kappa shape index (κ2) is 7.09. The van der Waals surface area contributed by atoms with Gasteiger partial charge in [0.2, 0.25) is 6.10 Å². The van der Waals surface area contributed by atoms with Gasteiger partial charge < -0.3 is 14.0 Å². The van der Waals surface area contributed by atoms with Crippen molar-refractivity contribution in [3.63, 3.8) is 0 Å². The van der Waals surface area contributed by atoms with Gasteiger partial charge in [-0.2, -0.15) is 0 Å². The van der Waals surface area contributed by atoms with E-state index in [1.165, 1.54) is 18.1 Å². The first-order valence-corrected chi connectivity index (χ1v) is 8.48. The number of rotatable bonds is 5. The molecule has 0 N–H and O–H groups in total. The highest BCUT2D eigenvalue weighted by molar-refractivity contribution is 5.78. The largest absolute Gasteiger partial charge is 0.463 e. The number of benzene rings is 1. The Labute approximate surface area is 146 Å². The highest BCUT2D eigenvalue weighted by Gasteiger charge is 2.28. The summed E-state index contributed by atoms with van der Waals surface area (Å²) in [5.41, 5.74) is 5.47. The fourth-order valence-electron chi connectivity index (χ4n) is 3.24. The van der Waals surface area contributed by atoms with E-state index in [2.05, 4.69) is 34.7 Å². The summed E-state index contributed by atoms with van der Waals surface area (Å²) in [6.07, 6.45) is 2.79. The first-order valence-electron chi connectivity index (χ1n) is 8.48. The molecule has 1 aromatic heterocycles. The Morgan fingerprint density at radius 3 is 2.84 bits per heavy atom. The first kappa shape index (κ1) is 17.2. The number of ether oxygens (including phenoxy) is 2. The molecular formula is C19H22N2O4. The molecule has 1 aliphatic heterocycles. The van der Waals surface area contributed by atoms with Crippen LogP contribution in [0.5, 0.6) is 0 Å². The minimum atomic E-state index is -0.962. The second-order valence-electron chi connectivity index (χ2n) is 6.19. The van der Waals surface area contributed by atoms with Crippen LogP contribution >= 0.6 is 0 Å². The van der Waals surface area contributed by atoms with Crippen LogP contribution in [0, 0.1) is 6.92 Å². The van der Waals surface area contributed by atoms with Crippen LogP contribution in [0.3, 0.4) is 0 Å². The van der Waals surface area contributed by atoms with E-state index in [1.807, 2.05) is 0 Å². The molecule has 1 atom stereocenters. The minimum absolute atomic E-state index is 0.224. The summed E-state index contributed by atoms with van der Waals surface area (Å²) >= 11 is 0. The number of aryl methyl sites for hydroxylation is 2. The van der Waals surface area contributed by atoms with Gasteiger partial charge in [-0.05, 0) is 38.3 Å². The maximum absolute atomic E-state index is 12.1. The van der Waals surface area contributed by atoms with Crippen LogP contribution in [-0.2, 0) is 38.3 Å². The van der Waals surface area contributed by atoms with Crippen molar-refractivity contribution in [2.75, 3.05) is 6.61 Å². The molecule has 0 radical (unpaired) electrons. The third-order valence-electron chi connectivity index (χ3n) is 4.32. The van der Waals surface area contributed by atoms with Gasteiger partial charge in [-0.3, -0.25) is 4.79 Å². The number of hydrogen-bond acceptors (Lipinski definition) is 5. The van der Waals surface area contributed by atoms with Gasteiger partial charge >= 0.3 is 11.9 Å². The van der Waals surface area contributed by atoms with E-state index in [9.17, 15) is 9.59 Å². The smallest absolute Gasteiger partial charge is 0.347 e. The van der Waals surface area contributed by atoms with Gasteiger partial charge in [0.15, 0.2) is 0 Å². The third-order valence-corrected chi connectivity index (χ3v) is 4.32. The number of hydrogen-bond donors (Lipinski definition) is 0. The van der Waals surface area contributed by atoms with Crippen LogP contribution in [-0.4, -0.2) is 34.2 Å². The summed E-state index contributed by atoms with van der Waals surface area (Å²) in [4.78, 5) is 27.9. The maximum Gasteiger partial charge on any atom is 0.347 e. The first-order chi connectivity index (χ1) is 12.0. The van der Waals surface area contributed by atoms with E-state index in [4.69, 9.17) is 9.47 Å². The predicted octanol–water partition coefficient (Wildman–Crippen LogP) is 2.32. The lowest BCUT2D eigenvalue weighted by Crippen LogP contribution is -2.31. The Bertz CT molecular complexity index is 810. The van der Waals surface area contributed by atoms with Crippen LogP contribution in [0.4, 0.5) is 0 Å². The van der Waals surface area contributed by atoms with Crippen molar-refractivity contribution < 1.29 is 19.1 Å². The molecule has 3 rings (SSSR count). The lowest BCUT2D eigenvalue weighted by molar-refractivity contribution is -0.166. The van der Waals surface area contributed by atoms with Gasteiger partial charge in [-0.25, -0.2) is 9.78 Å². The number of carbonyl (C=O) groups excluding carboxylic acids is 2. The van der Waals surface area contributed by atoms with Crippen molar-refractivity contribution in [3.8, 4) is 5.69 Å². The lowest BCUT2D eigenvalue weighted by Gasteiger charge is -2.21. The molecule has 6 nitrogen and oxygen atoms in total. The standard InChI is InChI=1S/C19H22N2O4/c1-4-24-19(23)18(25-13(3)22)10-15-17-8-6-14-9-12(2)5-7-16(14)21(17)11-20-15/h5,7,9,11,18H,4,6,8,10H2,1-3H3. The molecule has 0 saturated carbocycles. The molecule has 2 aromatic rings. The zero-order chi connectivity index (χ0) is 18.0. The fraction of sp³-hybridized carbons (Fsp3) is 0.421. The molecule has 0 spiro atoms. The van der Waals surface area contributed by atoms with Crippen molar-refractivity contribution in [2.45, 2.75) is 46.1 Å². The number of imidazole rings is 1. The molecule has 1 aliphatic rings. The summed E-state index contributed by atoms with van der Waals surface area (Å²) < 4.78 is 12.2. The van der Waals surface area contributed by atoms with E-state index in [1.54, 1.807) is 13.3 Å². The zero-order valence-corrected chi connectivity index (χ0v) is 14.7. The number of aromatic nitrogens is 2. The second-order valence-corrected chi connectivity index (χ2v) is 6.19. The Hall–Kier alpha value is -2.63. The molecule has 25 heavy (non-hydrogen) atoms. The van der Waals surface area contributed by atoms with Crippen molar-refractivity contribution in [1.29, 1.82) is 0 Å². The quantitative estimate of drug-likeness (QED) is 0.780. The van der Waals surface area contributed by atoms with Crippen LogP contribution in [0.25, 0.3) is 5.69 Å². The minimum Gasteiger partial charge on any atom is -0.463 e. The highest BCUT2D eigenvalue weighted by atomic mass is 16.6. The lowest BCUT2D eigenvalue weighted by atomic mass is 9.98. The van der Waals surface area contributed by atoms with E-state index >= 15 is 0 Å². The van der Waals surface area contributed by atoms with Crippen molar-refractivity contribution in [1.82, 2.24) is 9.55 Å². The average Bonchev–Trinajstić information content (AvgIpc) is 2.97. The van der Waals surface area contributed by atoms with Gasteiger partial charge in [-0.1, -0.05) is 17.7 Å². The van der Waals surface area contributed by atoms with Gasteiger partial charge in [0.05, 0.1) is 18.6 Å². The Balaban J connectivity index is 1.88. The van der Waals surface area contributed by atoms with Gasteiger partial charge in [0.25, 0.3) is 0 Å². The van der Waals surface area contributed by atoms with Gasteiger partial charge in [-0.15, -0.1) is 0 Å². The van der Waals surface area contributed by atoms with E-state index in [0.29, 0.717) is 0 Å². The fourth-order valence-corrected chi connectivity index (χ4v) is 3.24. The Morgan fingerprint density at radius 1 is 1.32 bits per heavy atom. The number of esters is 2. The molecule has 132 valence electrons. The molecule has 0 fully saturated rings. The van der Waals surface area contributed by atoms with Gasteiger partial charge in [0, 0.05) is 24.7 Å². The molecule has 2 heterocycles. The highest BCUT2D eigenvalue weighted by Crippen LogP contribution is 2.28. The summed E-state index contributed by atoms with van der Waals surface area (Å²) in [7, 11) is 0. The molecule has 0 amide bonds. The Kier molecular flexibility index (Phi) is 4.88. The summed E-state index contributed by atoms with van der Waals surface area (Å²) in [5.74, 6) is -1.04. The van der Waals surface area contributed by atoms with Crippen LogP contribution in [0.1, 0.15) is 36.4 Å². The molecule has 0 saturated heterocycles. The summed E-state index contributed by atoms with van der Waals surface area (Å²) in [5, 5.41) is 0. The zero-order valence-electron chi connectivity index (χ0n) is 14.7. The van der Waals surface area contributed by atoms with Crippen molar-refractivity contribution >= 4 is 11.9 Å². The SMILES string of the molecule is CCOC(=O)C(Cc1ncn2c1CCc1cc(C)ccc1-2)OC(C)=O. The van der Waals surface area contributed by atoms with E-state index in [-0.39, 0.29) is 13.0 Å². The van der Waals surface area contributed by atoms with E-state index in [0.717, 1.165) is 29.9 Å². The molecular weight excluding hydrogens is 320 g/mol. The van der Waals surface area contributed by atoms with Crippen LogP contribution < -0.4 is 0 Å². The van der Waals surface area contributed by atoms with Crippen LogP contribution in [0.15, 0.2) is 24.5 Å². The normalized spacial score (nSPS) is 13.6. The number of carbonyl (C=O) groups is 2. The third kappa shape index (κ3) is 3.57. The van der Waals surface area contributed by atoms with Crippen molar-refractivity contribution in [3.05, 3.63) is 47.0 Å². The molecule has 1 aromatic carbocycles. The topological polar surface area (TPSA) is 70.4 Å². The number of nitrogens with zero attached hydrogens (tertiary/aromatic N) is 2. The predicted molar refractivity (Wildman–Crippen MR) is 91.6 cm³/mol. The number of fused-ring (bicyclic) bond motifs is 3.